The van der Waals surface area contributed by atoms with E-state index >= 15 is 0 Å². The Kier molecular flexibility index (Phi) is 2.78. The Labute approximate surface area is 108 Å². The summed E-state index contributed by atoms with van der Waals surface area (Å²) in [5.74, 6) is -0.0953. The van der Waals surface area contributed by atoms with Gasteiger partial charge in [-0.05, 0) is 23.6 Å². The number of pyridine rings is 1. The molecule has 0 aliphatic rings. The Balaban J connectivity index is 1.89. The summed E-state index contributed by atoms with van der Waals surface area (Å²) < 4.78 is 0. The van der Waals surface area contributed by atoms with Gasteiger partial charge in [-0.1, -0.05) is 24.3 Å². The van der Waals surface area contributed by atoms with Crippen LogP contribution in [-0.2, 0) is 0 Å². The highest BCUT2D eigenvalue weighted by atomic mass is 32.1. The summed E-state index contributed by atoms with van der Waals surface area (Å²) in [6.45, 7) is 0. The van der Waals surface area contributed by atoms with Crippen molar-refractivity contribution in [3.63, 3.8) is 0 Å². The molecule has 3 nitrogen and oxygen atoms in total. The van der Waals surface area contributed by atoms with Crippen molar-refractivity contribution in [1.82, 2.24) is 4.98 Å². The normalized spacial score (nSPS) is 10.4. The fourth-order valence-electron chi connectivity index (χ4n) is 1.74. The third-order valence-electron chi connectivity index (χ3n) is 2.59. The second-order valence-electron chi connectivity index (χ2n) is 3.85. The summed E-state index contributed by atoms with van der Waals surface area (Å²) in [5.41, 5.74) is 1.64. The van der Waals surface area contributed by atoms with Crippen LogP contribution in [0.2, 0.25) is 0 Å². The van der Waals surface area contributed by atoms with Crippen LogP contribution in [0.4, 0.5) is 5.69 Å². The summed E-state index contributed by atoms with van der Waals surface area (Å²) in [5, 5.41) is 5.74. The van der Waals surface area contributed by atoms with Gasteiger partial charge in [0.25, 0.3) is 5.91 Å². The van der Waals surface area contributed by atoms with Gasteiger partial charge in [-0.25, -0.2) is 0 Å². The lowest BCUT2D eigenvalue weighted by molar-refractivity contribution is 0.103. The molecule has 1 N–H and O–H groups in total. The van der Waals surface area contributed by atoms with Gasteiger partial charge >= 0.3 is 0 Å². The topological polar surface area (TPSA) is 42.0 Å². The van der Waals surface area contributed by atoms with Crippen molar-refractivity contribution in [2.24, 2.45) is 0 Å². The third kappa shape index (κ3) is 2.10. The molecule has 0 fully saturated rings. The Bertz CT molecular complexity index is 692. The molecule has 1 amide bonds. The van der Waals surface area contributed by atoms with Crippen LogP contribution in [0.3, 0.4) is 0 Å². The molecule has 0 atom stereocenters. The lowest BCUT2D eigenvalue weighted by atomic mass is 10.2. The number of anilines is 1. The molecule has 3 rings (SSSR count). The smallest absolute Gasteiger partial charge is 0.265 e. The zero-order valence-corrected chi connectivity index (χ0v) is 10.3. The Hall–Kier alpha value is -2.20. The number of thiophene rings is 1. The molecule has 18 heavy (non-hydrogen) atoms. The number of hydrogen-bond acceptors (Lipinski definition) is 3. The van der Waals surface area contributed by atoms with Gasteiger partial charge in [0.1, 0.15) is 0 Å². The van der Waals surface area contributed by atoms with Crippen LogP contribution >= 0.6 is 11.3 Å². The summed E-state index contributed by atoms with van der Waals surface area (Å²) in [6.07, 6.45) is 1.67. The summed E-state index contributed by atoms with van der Waals surface area (Å²) in [4.78, 5) is 16.9. The number of carbonyl (C=O) groups excluding carboxylic acids is 1. The van der Waals surface area contributed by atoms with Gasteiger partial charge in [0, 0.05) is 5.39 Å². The monoisotopic (exact) mass is 254 g/mol. The predicted octanol–water partition coefficient (Wildman–Crippen LogP) is 3.55. The van der Waals surface area contributed by atoms with Gasteiger partial charge in [-0.15, -0.1) is 11.3 Å². The van der Waals surface area contributed by atoms with E-state index in [-0.39, 0.29) is 5.91 Å². The van der Waals surface area contributed by atoms with Gasteiger partial charge < -0.3 is 5.32 Å². The van der Waals surface area contributed by atoms with Crippen molar-refractivity contribution in [3.8, 4) is 0 Å². The molecule has 1 aromatic carbocycles. The van der Waals surface area contributed by atoms with Crippen LogP contribution in [0, 0.1) is 0 Å². The summed E-state index contributed by atoms with van der Waals surface area (Å²) in [7, 11) is 0. The van der Waals surface area contributed by atoms with Crippen LogP contribution in [0.25, 0.3) is 10.9 Å². The van der Waals surface area contributed by atoms with Gasteiger partial charge in [-0.2, -0.15) is 0 Å². The lowest BCUT2D eigenvalue weighted by Gasteiger charge is -2.04. The highest BCUT2D eigenvalue weighted by molar-refractivity contribution is 7.12. The first kappa shape index (κ1) is 10.9. The minimum atomic E-state index is -0.0953. The fourth-order valence-corrected chi connectivity index (χ4v) is 2.36. The van der Waals surface area contributed by atoms with Crippen molar-refractivity contribution in [2.75, 3.05) is 5.32 Å². The van der Waals surface area contributed by atoms with E-state index in [4.69, 9.17) is 0 Å². The Morgan fingerprint density at radius 1 is 1.17 bits per heavy atom. The Morgan fingerprint density at radius 2 is 2.06 bits per heavy atom. The van der Waals surface area contributed by atoms with Crippen molar-refractivity contribution >= 4 is 33.8 Å². The van der Waals surface area contributed by atoms with Crippen molar-refractivity contribution in [3.05, 3.63) is 58.9 Å². The minimum absolute atomic E-state index is 0.0953. The molecule has 0 saturated carbocycles. The van der Waals surface area contributed by atoms with E-state index in [1.165, 1.54) is 11.3 Å². The number of amides is 1. The van der Waals surface area contributed by atoms with Crippen LogP contribution in [0.1, 0.15) is 9.67 Å². The SMILES string of the molecule is O=C(Nc1cnc2ccccc2c1)c1cccs1. The molecular formula is C14H10N2OS. The largest absolute Gasteiger partial charge is 0.320 e. The third-order valence-corrected chi connectivity index (χ3v) is 3.46. The molecule has 2 aromatic heterocycles. The predicted molar refractivity (Wildman–Crippen MR) is 74.0 cm³/mol. The zero-order chi connectivity index (χ0) is 12.4. The van der Waals surface area contributed by atoms with E-state index in [2.05, 4.69) is 10.3 Å². The molecule has 2 heterocycles. The summed E-state index contributed by atoms with van der Waals surface area (Å²) in [6, 6.07) is 13.4. The van der Waals surface area contributed by atoms with Crippen LogP contribution in [0.5, 0.6) is 0 Å². The number of nitrogens with one attached hydrogen (secondary N) is 1. The van der Waals surface area contributed by atoms with Gasteiger partial charge in [0.05, 0.1) is 22.3 Å². The van der Waals surface area contributed by atoms with Crippen LogP contribution in [0.15, 0.2) is 54.0 Å². The standard InChI is InChI=1S/C14H10N2OS/c17-14(13-6-3-7-18-13)16-11-8-10-4-1-2-5-12(10)15-9-11/h1-9H,(H,16,17). The molecule has 0 unspecified atom stereocenters. The maximum absolute atomic E-state index is 11.9. The molecule has 88 valence electrons. The molecule has 4 heteroatoms. The average Bonchev–Trinajstić information content (AvgIpc) is 2.92. The molecule has 0 aliphatic carbocycles. The second kappa shape index (κ2) is 4.58. The average molecular weight is 254 g/mol. The van der Waals surface area contributed by atoms with E-state index in [0.29, 0.717) is 10.6 Å². The first-order valence-electron chi connectivity index (χ1n) is 5.52. The van der Waals surface area contributed by atoms with E-state index < -0.39 is 0 Å². The van der Waals surface area contributed by atoms with Gasteiger partial charge in [0.15, 0.2) is 0 Å². The number of aromatic nitrogens is 1. The van der Waals surface area contributed by atoms with Crippen molar-refractivity contribution in [1.29, 1.82) is 0 Å². The highest BCUT2D eigenvalue weighted by Crippen LogP contribution is 2.17. The zero-order valence-electron chi connectivity index (χ0n) is 9.46. The van der Waals surface area contributed by atoms with Crippen molar-refractivity contribution in [2.45, 2.75) is 0 Å². The number of fused-ring (bicyclic) bond motifs is 1. The Morgan fingerprint density at radius 3 is 2.89 bits per heavy atom. The number of rotatable bonds is 2. The molecule has 0 aliphatic heterocycles. The number of hydrogen-bond donors (Lipinski definition) is 1. The van der Waals surface area contributed by atoms with Crippen LogP contribution < -0.4 is 5.32 Å². The molecular weight excluding hydrogens is 244 g/mol. The molecule has 0 radical (unpaired) electrons. The lowest BCUT2D eigenvalue weighted by Crippen LogP contribution is -2.10. The van der Waals surface area contributed by atoms with Crippen LogP contribution in [-0.4, -0.2) is 10.9 Å². The van der Waals surface area contributed by atoms with Gasteiger partial charge in [-0.3, -0.25) is 9.78 Å². The molecule has 0 saturated heterocycles. The maximum atomic E-state index is 11.9. The number of benzene rings is 1. The highest BCUT2D eigenvalue weighted by Gasteiger charge is 2.07. The number of carbonyl (C=O) groups is 1. The fraction of sp³-hybridized carbons (Fsp3) is 0. The first-order valence-corrected chi connectivity index (χ1v) is 6.40. The molecule has 3 aromatic rings. The van der Waals surface area contributed by atoms with E-state index in [9.17, 15) is 4.79 Å². The van der Waals surface area contributed by atoms with E-state index in [1.807, 2.05) is 41.8 Å². The quantitative estimate of drug-likeness (QED) is 0.760. The number of para-hydroxylation sites is 1. The van der Waals surface area contributed by atoms with Gasteiger partial charge in [0.2, 0.25) is 0 Å². The minimum Gasteiger partial charge on any atom is -0.320 e. The first-order chi connectivity index (χ1) is 8.83. The molecule has 0 spiro atoms. The number of nitrogens with zero attached hydrogens (tertiary/aromatic N) is 1. The summed E-state index contributed by atoms with van der Waals surface area (Å²) >= 11 is 1.42. The second-order valence-corrected chi connectivity index (χ2v) is 4.80. The van der Waals surface area contributed by atoms with E-state index in [1.54, 1.807) is 12.3 Å². The van der Waals surface area contributed by atoms with Crippen molar-refractivity contribution < 1.29 is 4.79 Å². The van der Waals surface area contributed by atoms with E-state index in [0.717, 1.165) is 10.9 Å². The maximum Gasteiger partial charge on any atom is 0.265 e. The molecule has 0 bridgehead atoms.